The van der Waals surface area contributed by atoms with Crippen LogP contribution in [0.15, 0.2) is 23.3 Å². The molecule has 0 aliphatic heterocycles. The lowest BCUT2D eigenvalue weighted by molar-refractivity contribution is 0.625. The van der Waals surface area contributed by atoms with Crippen molar-refractivity contribution in [2.24, 2.45) is 10.9 Å². The third-order valence-corrected chi connectivity index (χ3v) is 5.98. The maximum absolute atomic E-state index is 10.9. The van der Waals surface area contributed by atoms with Crippen LogP contribution in [0, 0.1) is 12.8 Å². The van der Waals surface area contributed by atoms with Gasteiger partial charge < -0.3 is 5.32 Å². The molecule has 2 aromatic rings. The molecule has 0 aliphatic rings. The molecule has 0 saturated heterocycles. The largest absolute Gasteiger partial charge is 0.335 e. The fourth-order valence-corrected chi connectivity index (χ4v) is 4.11. The van der Waals surface area contributed by atoms with Gasteiger partial charge in [0.2, 0.25) is 5.28 Å². The van der Waals surface area contributed by atoms with E-state index in [4.69, 9.17) is 28.2 Å². The Morgan fingerprint density at radius 3 is 2.65 bits per heavy atom. The first-order chi connectivity index (χ1) is 12.1. The molecule has 1 aromatic heterocycles. The summed E-state index contributed by atoms with van der Waals surface area (Å²) in [6.45, 7) is 9.89. The van der Waals surface area contributed by atoms with Gasteiger partial charge in [-0.2, -0.15) is 4.98 Å². The predicted molar refractivity (Wildman–Crippen MR) is 115 cm³/mol. The molecule has 1 unspecified atom stereocenters. The van der Waals surface area contributed by atoms with Gasteiger partial charge in [0.15, 0.2) is 18.6 Å². The number of hydrogen-bond acceptors (Lipinski definition) is 5. The van der Waals surface area contributed by atoms with Gasteiger partial charge in [-0.25, -0.2) is 9.88 Å². The Bertz CT molecular complexity index is 822. The summed E-state index contributed by atoms with van der Waals surface area (Å²) in [7, 11) is -2.40. The van der Waals surface area contributed by atoms with Crippen molar-refractivity contribution in [2.75, 3.05) is 18.6 Å². The zero-order valence-corrected chi connectivity index (χ0v) is 18.0. The monoisotopic (exact) mass is 413 g/mol. The molecule has 1 aromatic carbocycles. The minimum absolute atomic E-state index is 0.0960. The number of aromatic nitrogens is 2. The van der Waals surface area contributed by atoms with Crippen molar-refractivity contribution in [1.82, 2.24) is 9.97 Å². The molecule has 0 radical (unpaired) electrons. The van der Waals surface area contributed by atoms with Gasteiger partial charge in [0.05, 0.1) is 25.2 Å². The Kier molecular flexibility index (Phi) is 6.98. The molecule has 2 N–H and O–H groups in total. The Balaban J connectivity index is 2.59. The summed E-state index contributed by atoms with van der Waals surface area (Å²) < 4.78 is 0. The van der Waals surface area contributed by atoms with Gasteiger partial charge in [0, 0.05) is 6.21 Å². The number of rotatable bonds is 6. The first-order valence-electron chi connectivity index (χ1n) is 8.33. The van der Waals surface area contributed by atoms with Crippen LogP contribution in [0.3, 0.4) is 0 Å². The predicted octanol–water partition coefficient (Wildman–Crippen LogP) is 5.39. The fraction of sp³-hybridized carbons (Fsp3) is 0.389. The number of anilines is 2. The number of aliphatic imine (C=N–C) groups is 1. The van der Waals surface area contributed by atoms with E-state index in [1.807, 2.05) is 38.6 Å². The van der Waals surface area contributed by atoms with Crippen molar-refractivity contribution < 1.29 is 4.89 Å². The molecular weight excluding hydrogens is 390 g/mol. The van der Waals surface area contributed by atoms with E-state index in [1.165, 1.54) is 6.20 Å². The van der Waals surface area contributed by atoms with E-state index < -0.39 is 7.49 Å². The number of halogens is 2. The highest BCUT2D eigenvalue weighted by molar-refractivity contribution is 7.77. The molecule has 0 amide bonds. The first-order valence-corrected chi connectivity index (χ1v) is 11.7. The number of aryl methyl sites for hydroxylation is 1. The van der Waals surface area contributed by atoms with Gasteiger partial charge >= 0.3 is 0 Å². The molecular formula is C18H24Cl2N4OP+. The molecule has 0 aliphatic carbocycles. The smallest absolute Gasteiger partial charge is 0.224 e. The fourth-order valence-electron chi connectivity index (χ4n) is 2.37. The molecule has 5 nitrogen and oxygen atoms in total. The van der Waals surface area contributed by atoms with Crippen LogP contribution in [0.25, 0.3) is 0 Å². The molecule has 0 bridgehead atoms. The molecule has 26 heavy (non-hydrogen) atoms. The molecule has 0 saturated carbocycles. The standard InChI is InChI=1S/C18H24Cl2N4OP/c1-6-11(2)9-21-15-12(3)7-8-14(16(15)26(4,5)25)23-17-13(19)10-22-18(20)24-17/h7-11,25H,6H2,1-5H3,(H,22,23,24)/q+1. The van der Waals surface area contributed by atoms with Crippen molar-refractivity contribution in [3.05, 3.63) is 34.2 Å². The second kappa shape index (κ2) is 8.62. The van der Waals surface area contributed by atoms with Crippen LogP contribution in [0.1, 0.15) is 25.8 Å². The highest BCUT2D eigenvalue weighted by Crippen LogP contribution is 2.50. The van der Waals surface area contributed by atoms with Crippen molar-refractivity contribution in [3.8, 4) is 0 Å². The maximum atomic E-state index is 10.9. The Hall–Kier alpha value is -1.26. The van der Waals surface area contributed by atoms with Crippen LogP contribution in [0.4, 0.5) is 17.2 Å². The zero-order chi connectivity index (χ0) is 19.5. The van der Waals surface area contributed by atoms with E-state index in [0.29, 0.717) is 22.4 Å². The highest BCUT2D eigenvalue weighted by Gasteiger charge is 2.34. The van der Waals surface area contributed by atoms with Crippen molar-refractivity contribution in [1.29, 1.82) is 0 Å². The lowest BCUT2D eigenvalue weighted by atomic mass is 10.1. The van der Waals surface area contributed by atoms with Gasteiger partial charge in [0.25, 0.3) is 0 Å². The number of benzene rings is 1. The summed E-state index contributed by atoms with van der Waals surface area (Å²) in [5.74, 6) is 0.746. The topological polar surface area (TPSA) is 70.4 Å². The quantitative estimate of drug-likeness (QED) is 0.378. The van der Waals surface area contributed by atoms with Crippen molar-refractivity contribution >= 4 is 59.4 Å². The lowest BCUT2D eigenvalue weighted by Gasteiger charge is -2.19. The van der Waals surface area contributed by atoms with E-state index in [-0.39, 0.29) is 5.28 Å². The van der Waals surface area contributed by atoms with Gasteiger partial charge in [-0.15, -0.1) is 0 Å². The molecule has 140 valence electrons. The third-order valence-electron chi connectivity index (χ3n) is 3.97. The maximum Gasteiger partial charge on any atom is 0.224 e. The Morgan fingerprint density at radius 1 is 1.35 bits per heavy atom. The van der Waals surface area contributed by atoms with E-state index in [9.17, 15) is 4.89 Å². The molecule has 1 heterocycles. The van der Waals surface area contributed by atoms with Crippen molar-refractivity contribution in [2.45, 2.75) is 27.2 Å². The normalized spacial score (nSPS) is 13.2. The Morgan fingerprint density at radius 2 is 2.04 bits per heavy atom. The van der Waals surface area contributed by atoms with E-state index in [2.05, 4.69) is 29.1 Å². The third kappa shape index (κ3) is 5.14. The number of nitrogens with zero attached hydrogens (tertiary/aromatic N) is 3. The summed E-state index contributed by atoms with van der Waals surface area (Å²) in [6.07, 6.45) is 4.37. The summed E-state index contributed by atoms with van der Waals surface area (Å²) in [4.78, 5) is 23.6. The number of nitrogens with one attached hydrogen (secondary N) is 1. The summed E-state index contributed by atoms with van der Waals surface area (Å²) in [6, 6.07) is 3.86. The van der Waals surface area contributed by atoms with Crippen molar-refractivity contribution in [3.63, 3.8) is 0 Å². The molecule has 2 rings (SSSR count). The average Bonchev–Trinajstić information content (AvgIpc) is 2.56. The molecule has 1 atom stereocenters. The summed E-state index contributed by atoms with van der Waals surface area (Å²) >= 11 is 12.1. The van der Waals surface area contributed by atoms with Crippen LogP contribution in [0.5, 0.6) is 0 Å². The van der Waals surface area contributed by atoms with E-state index in [0.717, 1.165) is 23.0 Å². The molecule has 0 fully saturated rings. The van der Waals surface area contributed by atoms with E-state index >= 15 is 0 Å². The van der Waals surface area contributed by atoms with Crippen LogP contribution >= 0.6 is 30.7 Å². The SMILES string of the molecule is CCC(C)C=Nc1c(C)ccc(Nc2nc(Cl)ncc2Cl)c1[P+](C)(C)O. The number of hydrogen-bond donors (Lipinski definition) is 2. The van der Waals surface area contributed by atoms with Gasteiger partial charge in [-0.3, -0.25) is 4.99 Å². The average molecular weight is 414 g/mol. The first kappa shape index (κ1) is 21.0. The van der Waals surface area contributed by atoms with Crippen LogP contribution in [-0.2, 0) is 0 Å². The summed E-state index contributed by atoms with van der Waals surface area (Å²) in [5.41, 5.74) is 2.50. The minimum atomic E-state index is -2.40. The van der Waals surface area contributed by atoms with Gasteiger partial charge in [-0.05, 0) is 42.5 Å². The van der Waals surface area contributed by atoms with Crippen LogP contribution in [-0.4, -0.2) is 34.4 Å². The second-order valence-corrected chi connectivity index (χ2v) is 10.6. The van der Waals surface area contributed by atoms with E-state index in [1.54, 1.807) is 0 Å². The lowest BCUT2D eigenvalue weighted by Crippen LogP contribution is -2.16. The molecule has 0 spiro atoms. The Labute approximate surface area is 165 Å². The van der Waals surface area contributed by atoms with Crippen LogP contribution < -0.4 is 10.6 Å². The summed E-state index contributed by atoms with van der Waals surface area (Å²) in [5, 5.41) is 4.41. The minimum Gasteiger partial charge on any atom is -0.335 e. The van der Waals surface area contributed by atoms with Crippen LogP contribution in [0.2, 0.25) is 10.3 Å². The zero-order valence-electron chi connectivity index (χ0n) is 15.6. The van der Waals surface area contributed by atoms with Gasteiger partial charge in [0.1, 0.15) is 10.7 Å². The highest BCUT2D eigenvalue weighted by atomic mass is 35.5. The van der Waals surface area contributed by atoms with Gasteiger partial charge in [-0.1, -0.05) is 31.5 Å². The molecule has 8 heteroatoms. The second-order valence-electron chi connectivity index (χ2n) is 6.65.